The molecule has 16 heteroatoms. The maximum absolute atomic E-state index is 8.97. The smallest absolute Gasteiger partial charge is 0.775 e. The Hall–Kier alpha value is 0.974. The van der Waals surface area contributed by atoms with Gasteiger partial charge in [0.2, 0.25) is 0 Å². The molecule has 16 heavy (non-hydrogen) atoms. The third-order valence-corrected chi connectivity index (χ3v) is 0. The Balaban J connectivity index is -0.0000000655. The minimum absolute atomic E-state index is 0. The Bertz CT molecular complexity index is 347. The van der Waals surface area contributed by atoms with Crippen molar-refractivity contribution in [3.05, 3.63) is 0 Å². The van der Waals surface area contributed by atoms with Crippen LogP contribution in [-0.4, -0.2) is 39.3 Å². The fraction of sp³-hybridized carbons (Fsp3) is 0. The van der Waals surface area contributed by atoms with Crippen LogP contribution >= 0.6 is 0 Å². The van der Waals surface area contributed by atoms with Gasteiger partial charge >= 0.3 is 51.6 Å². The van der Waals surface area contributed by atoms with Gasteiger partial charge in [-0.25, -0.2) is 18.7 Å². The summed E-state index contributed by atoms with van der Waals surface area (Å²) in [5, 5.41) is 7.65. The molecule has 0 bridgehead atoms. The van der Waals surface area contributed by atoms with Crippen molar-refractivity contribution in [2.24, 2.45) is 10.3 Å². The van der Waals surface area contributed by atoms with Crippen LogP contribution in [-0.2, 0) is 30.9 Å². The molecule has 0 amide bonds. The minimum atomic E-state index is -4.67. The Kier molecular flexibility index (Phi) is 16.0. The first-order valence-electron chi connectivity index (χ1n) is 2.19. The topological polar surface area (TPSA) is 251 Å². The molecule has 0 heterocycles. The van der Waals surface area contributed by atoms with Crippen molar-refractivity contribution < 1.29 is 80.5 Å². The van der Waals surface area contributed by atoms with Gasteiger partial charge in [0.15, 0.2) is 10.3 Å². The summed E-state index contributed by atoms with van der Waals surface area (Å²) in [6.45, 7) is 0. The van der Waals surface area contributed by atoms with Gasteiger partial charge in [-0.2, -0.15) is 8.42 Å². The van der Waals surface area contributed by atoms with Crippen molar-refractivity contribution >= 4 is 30.9 Å². The number of nitrogens with two attached hydrogens (primary N) is 2. The Morgan fingerprint density at radius 3 is 0.938 bits per heavy atom. The fourth-order valence-electron chi connectivity index (χ4n) is 0. The first kappa shape index (κ1) is 25.7. The van der Waals surface area contributed by atoms with E-state index in [9.17, 15) is 0 Å². The molecule has 0 rings (SSSR count). The van der Waals surface area contributed by atoms with Crippen LogP contribution < -0.4 is 10.3 Å². The third-order valence-electron chi connectivity index (χ3n) is 0. The van der Waals surface area contributed by atoms with Crippen molar-refractivity contribution in [3.63, 3.8) is 0 Å². The first-order chi connectivity index (χ1) is 6.00. The predicted molar refractivity (Wildman–Crippen MR) is 42.0 cm³/mol. The molecule has 0 aliphatic heterocycles. The van der Waals surface area contributed by atoms with E-state index in [-0.39, 0.29) is 41.3 Å². The zero-order valence-electron chi connectivity index (χ0n) is 7.17. The van der Waals surface area contributed by atoms with Gasteiger partial charge in [0.25, 0.3) is 0 Å². The fourth-order valence-corrected chi connectivity index (χ4v) is 0. The molecule has 0 aromatic heterocycles. The molecule has 0 unspecified atom stereocenters. The van der Waals surface area contributed by atoms with Crippen LogP contribution in [0, 0.1) is 46.1 Å². The average molecular weight is 429 g/mol. The van der Waals surface area contributed by atoms with Crippen molar-refractivity contribution in [2.45, 2.75) is 0 Å². The van der Waals surface area contributed by atoms with Gasteiger partial charge in [0, 0.05) is 0 Å². The number of nitrogens with one attached hydrogen (secondary N) is 1. The molecule has 0 spiro atoms. The molecule has 0 saturated heterocycles. The van der Waals surface area contributed by atoms with E-state index in [0.29, 0.717) is 0 Å². The van der Waals surface area contributed by atoms with Gasteiger partial charge in [0.05, 0.1) is 0 Å². The van der Waals surface area contributed by atoms with E-state index in [1.165, 1.54) is 0 Å². The maximum Gasteiger partial charge on any atom is 3.00 e. The van der Waals surface area contributed by atoms with Gasteiger partial charge in [-0.05, 0) is 0 Å². The van der Waals surface area contributed by atoms with Crippen molar-refractivity contribution in [3.8, 4) is 0 Å². The third kappa shape index (κ3) is 3080. The van der Waals surface area contributed by atoms with E-state index < -0.39 is 30.9 Å². The second-order valence-electron chi connectivity index (χ2n) is 1.46. The maximum atomic E-state index is 8.97. The van der Waals surface area contributed by atoms with Crippen LogP contribution in [0.25, 0.3) is 0 Å². The molecule has 12 nitrogen and oxygen atoms in total. The monoisotopic (exact) mass is 429 g/mol. The second-order valence-corrected chi connectivity index (χ2v) is 4.39. The van der Waals surface area contributed by atoms with Gasteiger partial charge in [-0.3, -0.25) is 13.5 Å². The van der Waals surface area contributed by atoms with Gasteiger partial charge in [0.1, 0.15) is 0 Å². The van der Waals surface area contributed by atoms with Crippen molar-refractivity contribution in [1.82, 2.24) is 0 Å². The second kappa shape index (κ2) is 9.95. The zero-order valence-corrected chi connectivity index (χ0v) is 13.3. The van der Waals surface area contributed by atoms with E-state index in [0.717, 1.165) is 0 Å². The summed E-state index contributed by atoms with van der Waals surface area (Å²) in [7, 11) is -13.2. The summed E-state index contributed by atoms with van der Waals surface area (Å²) in [5.74, 6) is 0. The Morgan fingerprint density at radius 1 is 0.938 bits per heavy atom. The quantitative estimate of drug-likeness (QED) is 0.278. The molecule has 96 valence electrons. The zero-order chi connectivity index (χ0) is 13.5. The Labute approximate surface area is 125 Å². The molecule has 0 radical (unpaired) electrons. The van der Waals surface area contributed by atoms with Gasteiger partial charge in [-0.15, -0.1) is 0 Å². The van der Waals surface area contributed by atoms with Crippen LogP contribution in [0.3, 0.4) is 0 Å². The van der Waals surface area contributed by atoms with E-state index in [4.69, 9.17) is 44.0 Å². The minimum Gasteiger partial charge on any atom is -0.775 e. The summed E-state index contributed by atoms with van der Waals surface area (Å²) in [5.41, 5.74) is 0. The summed E-state index contributed by atoms with van der Waals surface area (Å²) in [6, 6.07) is 0. The molecular formula is H6N3O9PrS3. The molecular weight excluding hydrogens is 423 g/mol. The Morgan fingerprint density at radius 2 is 0.938 bits per heavy atom. The van der Waals surface area contributed by atoms with E-state index in [2.05, 4.69) is 10.3 Å². The molecule has 0 atom stereocenters. The van der Waals surface area contributed by atoms with Crippen LogP contribution in [0.4, 0.5) is 0 Å². The predicted octanol–water partition coefficient (Wildman–Crippen LogP) is -3.55. The number of hydrogen-bond acceptors (Lipinski definition) is 9. The molecule has 0 aliphatic carbocycles. The van der Waals surface area contributed by atoms with Crippen LogP contribution in [0.5, 0.6) is 0 Å². The van der Waals surface area contributed by atoms with Crippen LogP contribution in [0.1, 0.15) is 0 Å². The molecule has 0 aromatic rings. The summed E-state index contributed by atoms with van der Waals surface area (Å²) >= 11 is 0. The van der Waals surface area contributed by atoms with E-state index in [1.54, 1.807) is 0 Å². The van der Waals surface area contributed by atoms with E-state index in [1.807, 2.05) is 0 Å². The number of hydrogen-bond donors (Lipinski definition) is 4. The molecule has 0 saturated carbocycles. The SMILES string of the molecule is N=S(=O)([O-])[O-].NS(=O)(=O)O.NS(=O)(=O)[O-].[Pr+3]. The number of rotatable bonds is 0. The summed E-state index contributed by atoms with van der Waals surface area (Å²) in [4.78, 5) is 0. The summed E-state index contributed by atoms with van der Waals surface area (Å²) in [6.07, 6.45) is 0. The molecule has 0 fully saturated rings. The van der Waals surface area contributed by atoms with E-state index >= 15 is 0 Å². The van der Waals surface area contributed by atoms with Crippen LogP contribution in [0.15, 0.2) is 0 Å². The largest absolute Gasteiger partial charge is 3.00 e. The van der Waals surface area contributed by atoms with Gasteiger partial charge < -0.3 is 13.7 Å². The van der Waals surface area contributed by atoms with Crippen LogP contribution in [0.2, 0.25) is 0 Å². The standard InChI is InChI=1S/3H3NO3S.Pr/c3*1-5(2,3)4;/h3*(H3,1,2,3,4);/q;;;+3/p-3. The summed E-state index contributed by atoms with van der Waals surface area (Å²) < 4.78 is 83.3. The van der Waals surface area contributed by atoms with Crippen molar-refractivity contribution in [2.75, 3.05) is 0 Å². The van der Waals surface area contributed by atoms with Crippen molar-refractivity contribution in [1.29, 1.82) is 4.78 Å². The average Bonchev–Trinajstić information content (AvgIpc) is 1.41. The molecule has 0 aliphatic rings. The normalized spacial score (nSPS) is 10.9. The molecule has 0 aromatic carbocycles. The molecule has 6 N–H and O–H groups in total. The first-order valence-corrected chi connectivity index (χ1v) is 6.57. The van der Waals surface area contributed by atoms with Gasteiger partial charge in [-0.1, -0.05) is 10.3 Å².